The van der Waals surface area contributed by atoms with Gasteiger partial charge in [0.05, 0.1) is 11.0 Å². The molecule has 0 aliphatic heterocycles. The van der Waals surface area contributed by atoms with Gasteiger partial charge < -0.3 is 15.7 Å². The highest BCUT2D eigenvalue weighted by molar-refractivity contribution is 5.83. The molecule has 0 aromatic rings. The van der Waals surface area contributed by atoms with Crippen LogP contribution in [0.25, 0.3) is 0 Å². The van der Waals surface area contributed by atoms with Gasteiger partial charge in [0.15, 0.2) is 0 Å². The zero-order valence-corrected chi connectivity index (χ0v) is 11.5. The maximum atomic E-state index is 12.6. The second kappa shape index (κ2) is 5.17. The van der Waals surface area contributed by atoms with Crippen LogP contribution in [0.2, 0.25) is 0 Å². The molecule has 0 unspecified atom stereocenters. The fourth-order valence-corrected chi connectivity index (χ4v) is 3.67. The molecule has 0 aromatic heterocycles. The minimum atomic E-state index is -0.654. The van der Waals surface area contributed by atoms with Crippen LogP contribution in [0.4, 0.5) is 0 Å². The normalized spacial score (nSPS) is 25.3. The lowest BCUT2D eigenvalue weighted by Gasteiger charge is -2.35. The number of nitrogens with two attached hydrogens (primary N) is 1. The molecular weight excluding hydrogens is 228 g/mol. The molecule has 2 saturated carbocycles. The lowest BCUT2D eigenvalue weighted by Crippen LogP contribution is -2.50. The van der Waals surface area contributed by atoms with Crippen LogP contribution in [0.5, 0.6) is 0 Å². The van der Waals surface area contributed by atoms with E-state index in [1.165, 1.54) is 0 Å². The third kappa shape index (κ3) is 2.54. The van der Waals surface area contributed by atoms with Crippen molar-refractivity contribution in [2.75, 3.05) is 20.1 Å². The monoisotopic (exact) mass is 254 g/mol. The quantitative estimate of drug-likeness (QED) is 0.794. The fraction of sp³-hybridized carbons (Fsp3) is 0.929. The third-order valence-electron chi connectivity index (χ3n) is 4.82. The molecule has 104 valence electrons. The molecule has 1 amide bonds. The van der Waals surface area contributed by atoms with Crippen molar-refractivity contribution < 1.29 is 9.90 Å². The van der Waals surface area contributed by atoms with E-state index in [4.69, 9.17) is 5.73 Å². The fourth-order valence-electron chi connectivity index (χ4n) is 3.67. The molecule has 2 aliphatic rings. The first-order valence-electron chi connectivity index (χ1n) is 7.19. The third-order valence-corrected chi connectivity index (χ3v) is 4.82. The zero-order chi connectivity index (χ0) is 13.2. The predicted molar refractivity (Wildman–Crippen MR) is 71.0 cm³/mol. The minimum Gasteiger partial charge on any atom is -0.388 e. The van der Waals surface area contributed by atoms with E-state index in [2.05, 4.69) is 0 Å². The summed E-state index contributed by atoms with van der Waals surface area (Å²) in [7, 11) is 1.81. The molecule has 2 rings (SSSR count). The molecule has 4 heteroatoms. The largest absolute Gasteiger partial charge is 0.388 e. The van der Waals surface area contributed by atoms with E-state index in [0.29, 0.717) is 13.1 Å². The number of rotatable bonds is 4. The van der Waals surface area contributed by atoms with Crippen LogP contribution in [0.1, 0.15) is 51.4 Å². The lowest BCUT2D eigenvalue weighted by atomic mass is 9.84. The van der Waals surface area contributed by atoms with Crippen molar-refractivity contribution in [3.05, 3.63) is 0 Å². The van der Waals surface area contributed by atoms with E-state index >= 15 is 0 Å². The summed E-state index contributed by atoms with van der Waals surface area (Å²) in [5.74, 6) is 0.142. The minimum absolute atomic E-state index is 0.142. The summed E-state index contributed by atoms with van der Waals surface area (Å²) >= 11 is 0. The van der Waals surface area contributed by atoms with Crippen molar-refractivity contribution in [2.45, 2.75) is 57.0 Å². The molecule has 0 aromatic carbocycles. The van der Waals surface area contributed by atoms with Crippen molar-refractivity contribution in [3.63, 3.8) is 0 Å². The number of likely N-dealkylation sites (N-methyl/N-ethyl adjacent to an activating group) is 1. The van der Waals surface area contributed by atoms with Crippen LogP contribution in [-0.4, -0.2) is 41.7 Å². The molecule has 2 aliphatic carbocycles. The maximum Gasteiger partial charge on any atom is 0.229 e. The molecule has 3 N–H and O–H groups in total. The van der Waals surface area contributed by atoms with Gasteiger partial charge in [-0.05, 0) is 25.7 Å². The van der Waals surface area contributed by atoms with Crippen LogP contribution in [0.15, 0.2) is 0 Å². The Bertz CT molecular complexity index is 305. The van der Waals surface area contributed by atoms with Crippen molar-refractivity contribution in [2.24, 2.45) is 11.1 Å². The number of amides is 1. The van der Waals surface area contributed by atoms with Crippen molar-refractivity contribution in [1.82, 2.24) is 4.90 Å². The van der Waals surface area contributed by atoms with E-state index in [1.54, 1.807) is 4.90 Å². The summed E-state index contributed by atoms with van der Waals surface area (Å²) in [6.07, 6.45) is 7.79. The second-order valence-electron chi connectivity index (χ2n) is 6.28. The zero-order valence-electron chi connectivity index (χ0n) is 11.5. The van der Waals surface area contributed by atoms with Crippen LogP contribution >= 0.6 is 0 Å². The first-order valence-corrected chi connectivity index (χ1v) is 7.19. The topological polar surface area (TPSA) is 66.6 Å². The smallest absolute Gasteiger partial charge is 0.229 e. The predicted octanol–water partition coefficient (Wildman–Crippen LogP) is 1.27. The van der Waals surface area contributed by atoms with E-state index in [0.717, 1.165) is 51.4 Å². The van der Waals surface area contributed by atoms with Crippen molar-refractivity contribution >= 4 is 5.91 Å². The van der Waals surface area contributed by atoms with Gasteiger partial charge in [0, 0.05) is 20.1 Å². The highest BCUT2D eigenvalue weighted by atomic mass is 16.3. The van der Waals surface area contributed by atoms with Gasteiger partial charge in [-0.15, -0.1) is 0 Å². The number of aliphatic hydroxyl groups is 1. The summed E-state index contributed by atoms with van der Waals surface area (Å²) in [5.41, 5.74) is 4.84. The van der Waals surface area contributed by atoms with E-state index in [9.17, 15) is 9.90 Å². The van der Waals surface area contributed by atoms with Gasteiger partial charge in [-0.1, -0.05) is 25.7 Å². The summed E-state index contributed by atoms with van der Waals surface area (Å²) in [6.45, 7) is 0.905. The SMILES string of the molecule is CN(CC1(O)CCCC1)C(=O)C1(CN)CCCC1. The Labute approximate surface area is 110 Å². The molecule has 18 heavy (non-hydrogen) atoms. The summed E-state index contributed by atoms with van der Waals surface area (Å²) < 4.78 is 0. The molecule has 0 saturated heterocycles. The standard InChI is InChI=1S/C14H26N2O2/c1-16(11-14(18)8-4-5-9-14)12(17)13(10-15)6-2-3-7-13/h18H,2-11,15H2,1H3. The van der Waals surface area contributed by atoms with Crippen LogP contribution in [0.3, 0.4) is 0 Å². The maximum absolute atomic E-state index is 12.6. The number of hydrogen-bond donors (Lipinski definition) is 2. The Morgan fingerprint density at radius 2 is 1.67 bits per heavy atom. The van der Waals surface area contributed by atoms with Crippen LogP contribution < -0.4 is 5.73 Å². The summed E-state index contributed by atoms with van der Waals surface area (Å²) in [4.78, 5) is 14.3. The molecule has 0 bridgehead atoms. The lowest BCUT2D eigenvalue weighted by molar-refractivity contribution is -0.143. The van der Waals surface area contributed by atoms with Crippen molar-refractivity contribution in [1.29, 1.82) is 0 Å². The number of carbonyl (C=O) groups is 1. The van der Waals surface area contributed by atoms with Gasteiger partial charge in [-0.2, -0.15) is 0 Å². The average Bonchev–Trinajstić information content (AvgIpc) is 2.98. The average molecular weight is 254 g/mol. The molecule has 0 atom stereocenters. The molecule has 0 spiro atoms. The first-order chi connectivity index (χ1) is 8.51. The Morgan fingerprint density at radius 1 is 1.17 bits per heavy atom. The number of nitrogens with zero attached hydrogens (tertiary/aromatic N) is 1. The van der Waals surface area contributed by atoms with E-state index in [-0.39, 0.29) is 11.3 Å². The molecule has 2 fully saturated rings. The first kappa shape index (κ1) is 13.8. The molecular formula is C14H26N2O2. The highest BCUT2D eigenvalue weighted by Gasteiger charge is 2.43. The Hall–Kier alpha value is -0.610. The summed E-state index contributed by atoms with van der Waals surface area (Å²) in [6, 6.07) is 0. The second-order valence-corrected chi connectivity index (χ2v) is 6.28. The van der Waals surface area contributed by atoms with Gasteiger partial charge >= 0.3 is 0 Å². The van der Waals surface area contributed by atoms with Crippen molar-refractivity contribution in [3.8, 4) is 0 Å². The highest BCUT2D eigenvalue weighted by Crippen LogP contribution is 2.39. The Morgan fingerprint density at radius 3 is 2.17 bits per heavy atom. The molecule has 0 radical (unpaired) electrons. The van der Waals surface area contributed by atoms with Gasteiger partial charge in [0.25, 0.3) is 0 Å². The van der Waals surface area contributed by atoms with Gasteiger partial charge in [0.1, 0.15) is 0 Å². The van der Waals surface area contributed by atoms with Gasteiger partial charge in [-0.25, -0.2) is 0 Å². The van der Waals surface area contributed by atoms with Gasteiger partial charge in [-0.3, -0.25) is 4.79 Å². The number of hydrogen-bond acceptors (Lipinski definition) is 3. The molecule has 4 nitrogen and oxygen atoms in total. The summed E-state index contributed by atoms with van der Waals surface area (Å²) in [5, 5.41) is 10.4. The Kier molecular flexibility index (Phi) is 3.97. The number of carbonyl (C=O) groups excluding carboxylic acids is 1. The van der Waals surface area contributed by atoms with E-state index < -0.39 is 5.60 Å². The van der Waals surface area contributed by atoms with Crippen LogP contribution in [0, 0.1) is 5.41 Å². The van der Waals surface area contributed by atoms with E-state index in [1.807, 2.05) is 7.05 Å². The Balaban J connectivity index is 1.99. The van der Waals surface area contributed by atoms with Gasteiger partial charge in [0.2, 0.25) is 5.91 Å². The van der Waals surface area contributed by atoms with Crippen LogP contribution in [-0.2, 0) is 4.79 Å². The molecule has 0 heterocycles.